The number of nitrogens with two attached hydrogens (primary N) is 1. The van der Waals surface area contributed by atoms with E-state index in [1.807, 2.05) is 19.1 Å². The smallest absolute Gasteiger partial charge is 0.240 e. The highest BCUT2D eigenvalue weighted by molar-refractivity contribution is 5.91. The second-order valence-electron chi connectivity index (χ2n) is 6.04. The molecule has 1 saturated heterocycles. The van der Waals surface area contributed by atoms with Gasteiger partial charge in [-0.1, -0.05) is 11.2 Å². The lowest BCUT2D eigenvalue weighted by molar-refractivity contribution is -0.121. The standard InChI is InChI=1S/C16H22N6O2.2ClH/c1-11-4-2-6-13(18-11)20-16(23)12-5-3-7-22(9-12)10-14-19-15(8-17)24-21-14;;/h2,4,6,12H,3,5,7-10,17H2,1H3,(H,18,20,23);2*1H. The maximum absolute atomic E-state index is 12.5. The molecule has 2 aromatic heterocycles. The lowest BCUT2D eigenvalue weighted by atomic mass is 9.97. The number of carbonyl (C=O) groups is 1. The number of aromatic nitrogens is 3. The highest BCUT2D eigenvalue weighted by Gasteiger charge is 2.27. The number of hydrogen-bond donors (Lipinski definition) is 2. The van der Waals surface area contributed by atoms with Gasteiger partial charge in [-0.05, 0) is 38.4 Å². The van der Waals surface area contributed by atoms with E-state index in [0.717, 1.165) is 25.1 Å². The molecule has 1 fully saturated rings. The summed E-state index contributed by atoms with van der Waals surface area (Å²) in [6, 6.07) is 5.59. The van der Waals surface area contributed by atoms with Crippen molar-refractivity contribution in [3.05, 3.63) is 35.6 Å². The summed E-state index contributed by atoms with van der Waals surface area (Å²) in [4.78, 5) is 23.2. The number of hydrogen-bond acceptors (Lipinski definition) is 7. The molecule has 0 aliphatic carbocycles. The van der Waals surface area contributed by atoms with Gasteiger partial charge in [0.15, 0.2) is 5.82 Å². The molecular formula is C16H24Cl2N6O2. The number of carbonyl (C=O) groups excluding carboxylic acids is 1. The lowest BCUT2D eigenvalue weighted by Crippen LogP contribution is -2.40. The molecule has 0 saturated carbocycles. The molecule has 1 aliphatic heterocycles. The number of anilines is 1. The number of halogens is 2. The number of pyridine rings is 1. The van der Waals surface area contributed by atoms with Crippen molar-refractivity contribution in [2.45, 2.75) is 32.9 Å². The molecule has 3 N–H and O–H groups in total. The molecule has 144 valence electrons. The van der Waals surface area contributed by atoms with Gasteiger partial charge >= 0.3 is 0 Å². The fourth-order valence-corrected chi connectivity index (χ4v) is 2.89. The first-order valence-electron chi connectivity index (χ1n) is 8.12. The predicted octanol–water partition coefficient (Wildman–Crippen LogP) is 1.93. The van der Waals surface area contributed by atoms with E-state index in [1.54, 1.807) is 6.07 Å². The lowest BCUT2D eigenvalue weighted by Gasteiger charge is -2.30. The van der Waals surface area contributed by atoms with Crippen molar-refractivity contribution in [1.29, 1.82) is 0 Å². The van der Waals surface area contributed by atoms with E-state index in [1.165, 1.54) is 0 Å². The summed E-state index contributed by atoms with van der Waals surface area (Å²) in [6.45, 7) is 4.29. The molecule has 1 aliphatic rings. The third kappa shape index (κ3) is 5.91. The van der Waals surface area contributed by atoms with Gasteiger partial charge in [-0.25, -0.2) is 4.98 Å². The summed E-state index contributed by atoms with van der Waals surface area (Å²) in [5.74, 6) is 1.58. The van der Waals surface area contributed by atoms with Crippen LogP contribution in [0.1, 0.15) is 30.3 Å². The van der Waals surface area contributed by atoms with Crippen LogP contribution in [0.3, 0.4) is 0 Å². The average Bonchev–Trinajstić information content (AvgIpc) is 3.03. The summed E-state index contributed by atoms with van der Waals surface area (Å²) >= 11 is 0. The summed E-state index contributed by atoms with van der Waals surface area (Å²) < 4.78 is 5.02. The molecule has 26 heavy (non-hydrogen) atoms. The van der Waals surface area contributed by atoms with E-state index < -0.39 is 0 Å². The number of amides is 1. The van der Waals surface area contributed by atoms with Crippen LogP contribution in [0.25, 0.3) is 0 Å². The molecule has 0 radical (unpaired) electrons. The van der Waals surface area contributed by atoms with Gasteiger partial charge in [0.05, 0.1) is 19.0 Å². The first kappa shape index (κ1) is 22.3. The van der Waals surface area contributed by atoms with E-state index in [2.05, 4.69) is 25.3 Å². The van der Waals surface area contributed by atoms with E-state index in [9.17, 15) is 4.79 Å². The molecule has 2 aromatic rings. The SMILES string of the molecule is Cc1cccc(NC(=O)C2CCCN(Cc3noc(CN)n3)C2)n1.Cl.Cl. The Bertz CT molecular complexity index is 712. The quantitative estimate of drug-likeness (QED) is 0.785. The van der Waals surface area contributed by atoms with Crippen LogP contribution in [-0.2, 0) is 17.9 Å². The van der Waals surface area contributed by atoms with Gasteiger partial charge in [0.2, 0.25) is 11.8 Å². The first-order valence-corrected chi connectivity index (χ1v) is 8.12. The van der Waals surface area contributed by atoms with Crippen molar-refractivity contribution < 1.29 is 9.32 Å². The van der Waals surface area contributed by atoms with Crippen molar-refractivity contribution in [1.82, 2.24) is 20.0 Å². The van der Waals surface area contributed by atoms with Crippen LogP contribution in [0, 0.1) is 12.8 Å². The van der Waals surface area contributed by atoms with E-state index >= 15 is 0 Å². The van der Waals surface area contributed by atoms with Crippen molar-refractivity contribution in [2.24, 2.45) is 11.7 Å². The Hall–Kier alpha value is -1.74. The average molecular weight is 403 g/mol. The minimum atomic E-state index is -0.0676. The summed E-state index contributed by atoms with van der Waals surface area (Å²) in [5.41, 5.74) is 6.35. The van der Waals surface area contributed by atoms with Gasteiger partial charge in [0, 0.05) is 12.2 Å². The molecule has 10 heteroatoms. The maximum Gasteiger partial charge on any atom is 0.240 e. The molecular weight excluding hydrogens is 379 g/mol. The van der Waals surface area contributed by atoms with Gasteiger partial charge in [0.1, 0.15) is 5.82 Å². The summed E-state index contributed by atoms with van der Waals surface area (Å²) in [6.07, 6.45) is 1.83. The van der Waals surface area contributed by atoms with Crippen molar-refractivity contribution in [2.75, 3.05) is 18.4 Å². The molecule has 1 unspecified atom stereocenters. The minimum absolute atomic E-state index is 0. The van der Waals surface area contributed by atoms with Gasteiger partial charge in [-0.15, -0.1) is 24.8 Å². The molecule has 0 aromatic carbocycles. The molecule has 0 spiro atoms. The molecule has 0 bridgehead atoms. The van der Waals surface area contributed by atoms with Crippen molar-refractivity contribution in [3.8, 4) is 0 Å². The third-order valence-electron chi connectivity index (χ3n) is 4.07. The Kier molecular flexibility index (Phi) is 8.94. The summed E-state index contributed by atoms with van der Waals surface area (Å²) in [5, 5.41) is 6.82. The highest BCUT2D eigenvalue weighted by Crippen LogP contribution is 2.19. The van der Waals surface area contributed by atoms with Crippen molar-refractivity contribution in [3.63, 3.8) is 0 Å². The number of rotatable bonds is 5. The molecule has 1 amide bonds. The van der Waals surface area contributed by atoms with Crippen molar-refractivity contribution >= 4 is 36.5 Å². The number of piperidine rings is 1. The Balaban J connectivity index is 0.00000169. The van der Waals surface area contributed by atoms with Crippen LogP contribution in [0.2, 0.25) is 0 Å². The molecule has 8 nitrogen and oxygen atoms in total. The Morgan fingerprint density at radius 2 is 2.19 bits per heavy atom. The second kappa shape index (κ2) is 10.4. The predicted molar refractivity (Wildman–Crippen MR) is 102 cm³/mol. The zero-order valence-corrected chi connectivity index (χ0v) is 16.2. The highest BCUT2D eigenvalue weighted by atomic mass is 35.5. The van der Waals surface area contributed by atoms with Gasteiger partial charge in [0.25, 0.3) is 0 Å². The van der Waals surface area contributed by atoms with Gasteiger partial charge in [-0.3, -0.25) is 9.69 Å². The number of nitrogens with one attached hydrogen (secondary N) is 1. The normalized spacial score (nSPS) is 17.1. The van der Waals surface area contributed by atoms with E-state index in [0.29, 0.717) is 30.6 Å². The van der Waals surface area contributed by atoms with Crippen LogP contribution in [0.15, 0.2) is 22.7 Å². The fourth-order valence-electron chi connectivity index (χ4n) is 2.89. The molecule has 3 heterocycles. The summed E-state index contributed by atoms with van der Waals surface area (Å²) in [7, 11) is 0. The largest absolute Gasteiger partial charge is 0.338 e. The van der Waals surface area contributed by atoms with Crippen LogP contribution in [0.4, 0.5) is 5.82 Å². The maximum atomic E-state index is 12.5. The molecule has 1 atom stereocenters. The Morgan fingerprint density at radius 3 is 2.88 bits per heavy atom. The van der Waals surface area contributed by atoms with Crippen LogP contribution >= 0.6 is 24.8 Å². The second-order valence-corrected chi connectivity index (χ2v) is 6.04. The van der Waals surface area contributed by atoms with Crippen LogP contribution in [0.5, 0.6) is 0 Å². The first-order chi connectivity index (χ1) is 11.6. The van der Waals surface area contributed by atoms with Crippen LogP contribution < -0.4 is 11.1 Å². The zero-order valence-electron chi connectivity index (χ0n) is 14.6. The van der Waals surface area contributed by atoms with Gasteiger partial charge in [-0.2, -0.15) is 4.98 Å². The fraction of sp³-hybridized carbons (Fsp3) is 0.500. The third-order valence-corrected chi connectivity index (χ3v) is 4.07. The van der Waals surface area contributed by atoms with E-state index in [4.69, 9.17) is 10.3 Å². The zero-order chi connectivity index (χ0) is 16.9. The number of aryl methyl sites for hydroxylation is 1. The number of likely N-dealkylation sites (tertiary alicyclic amines) is 1. The Labute approximate surface area is 164 Å². The topological polar surface area (TPSA) is 110 Å². The molecule has 3 rings (SSSR count). The Morgan fingerprint density at radius 1 is 1.38 bits per heavy atom. The number of nitrogens with zero attached hydrogens (tertiary/aromatic N) is 4. The van der Waals surface area contributed by atoms with Crippen LogP contribution in [-0.4, -0.2) is 39.0 Å². The van der Waals surface area contributed by atoms with E-state index in [-0.39, 0.29) is 43.2 Å². The van der Waals surface area contributed by atoms with Gasteiger partial charge < -0.3 is 15.6 Å². The minimum Gasteiger partial charge on any atom is -0.338 e. The monoisotopic (exact) mass is 402 g/mol.